The Morgan fingerprint density at radius 2 is 2.19 bits per heavy atom. The van der Waals surface area contributed by atoms with E-state index in [1.165, 1.54) is 4.68 Å². The van der Waals surface area contributed by atoms with Gasteiger partial charge in [-0.1, -0.05) is 20.3 Å². The molecule has 0 fully saturated rings. The van der Waals surface area contributed by atoms with Crippen molar-refractivity contribution >= 4 is 21.6 Å². The second-order valence-corrected chi connectivity index (χ2v) is 4.91. The number of aryl methyl sites for hydroxylation is 1. The number of hydrogen-bond donors (Lipinski definition) is 1. The van der Waals surface area contributed by atoms with Gasteiger partial charge < -0.3 is 5.32 Å². The Hall–Kier alpha value is -0.840. The van der Waals surface area contributed by atoms with Crippen LogP contribution in [0.15, 0.2) is 15.5 Å². The van der Waals surface area contributed by atoms with E-state index < -0.39 is 0 Å². The van der Waals surface area contributed by atoms with Crippen LogP contribution in [0.25, 0.3) is 0 Å². The molecule has 0 spiro atoms. The first-order valence-electron chi connectivity index (χ1n) is 5.45. The van der Waals surface area contributed by atoms with Gasteiger partial charge >= 0.3 is 0 Å². The molecule has 0 aliphatic carbocycles. The van der Waals surface area contributed by atoms with E-state index in [-0.39, 0.29) is 5.56 Å². The van der Waals surface area contributed by atoms with Crippen molar-refractivity contribution in [3.05, 3.63) is 21.0 Å². The van der Waals surface area contributed by atoms with Gasteiger partial charge in [0.15, 0.2) is 0 Å². The molecule has 90 valence electrons. The fraction of sp³-hybridized carbons (Fsp3) is 0.636. The number of rotatable bonds is 4. The summed E-state index contributed by atoms with van der Waals surface area (Å²) < 4.78 is 1.85. The molecular weight excluding hydrogens is 270 g/mol. The van der Waals surface area contributed by atoms with Gasteiger partial charge in [0.25, 0.3) is 5.56 Å². The summed E-state index contributed by atoms with van der Waals surface area (Å²) in [6.45, 7) is 6.44. The Labute approximate surface area is 104 Å². The summed E-state index contributed by atoms with van der Waals surface area (Å²) in [5.74, 6) is 0.552. The van der Waals surface area contributed by atoms with Crippen molar-refractivity contribution < 1.29 is 0 Å². The minimum atomic E-state index is -0.124. The summed E-state index contributed by atoms with van der Waals surface area (Å²) in [6, 6.07) is 0.315. The molecule has 1 aromatic rings. The van der Waals surface area contributed by atoms with Gasteiger partial charge in [-0.25, -0.2) is 4.68 Å². The minimum absolute atomic E-state index is 0.124. The van der Waals surface area contributed by atoms with Gasteiger partial charge in [0.05, 0.1) is 11.9 Å². The van der Waals surface area contributed by atoms with Crippen molar-refractivity contribution in [1.29, 1.82) is 0 Å². The standard InChI is InChI=1S/C11H18BrN3O/c1-5-7(2)8(3)14-9-6-13-15(4)11(16)10(9)12/h6-8,14H,5H2,1-4H3. The maximum atomic E-state index is 11.6. The Bertz CT molecular complexity index is 416. The van der Waals surface area contributed by atoms with Crippen LogP contribution in [-0.2, 0) is 7.05 Å². The van der Waals surface area contributed by atoms with Crippen molar-refractivity contribution in [2.24, 2.45) is 13.0 Å². The molecule has 16 heavy (non-hydrogen) atoms. The second kappa shape index (κ2) is 5.48. The molecule has 1 aromatic heterocycles. The topological polar surface area (TPSA) is 46.9 Å². The summed E-state index contributed by atoms with van der Waals surface area (Å²) in [5, 5.41) is 7.30. The van der Waals surface area contributed by atoms with Gasteiger partial charge in [0.2, 0.25) is 0 Å². The van der Waals surface area contributed by atoms with Crippen LogP contribution in [0.3, 0.4) is 0 Å². The number of aromatic nitrogens is 2. The maximum absolute atomic E-state index is 11.6. The monoisotopic (exact) mass is 287 g/mol. The predicted octanol–water partition coefficient (Wildman–Crippen LogP) is 2.39. The lowest BCUT2D eigenvalue weighted by molar-refractivity contribution is 0.494. The Morgan fingerprint density at radius 1 is 1.56 bits per heavy atom. The summed E-state index contributed by atoms with van der Waals surface area (Å²) in [4.78, 5) is 11.6. The first kappa shape index (κ1) is 13.2. The average Bonchev–Trinajstić information content (AvgIpc) is 2.28. The molecule has 0 aromatic carbocycles. The van der Waals surface area contributed by atoms with E-state index in [2.05, 4.69) is 47.1 Å². The zero-order valence-electron chi connectivity index (χ0n) is 10.1. The van der Waals surface area contributed by atoms with Crippen LogP contribution in [0.2, 0.25) is 0 Å². The number of nitrogens with zero attached hydrogens (tertiary/aromatic N) is 2. The lowest BCUT2D eigenvalue weighted by Gasteiger charge is -2.21. The zero-order valence-corrected chi connectivity index (χ0v) is 11.7. The molecule has 1 heterocycles. The molecule has 1 N–H and O–H groups in total. The van der Waals surface area contributed by atoms with E-state index in [0.717, 1.165) is 12.1 Å². The fourth-order valence-electron chi connectivity index (χ4n) is 1.35. The van der Waals surface area contributed by atoms with Gasteiger partial charge in [-0.15, -0.1) is 0 Å². The largest absolute Gasteiger partial charge is 0.380 e. The molecule has 0 saturated heterocycles. The highest BCUT2D eigenvalue weighted by atomic mass is 79.9. The fourth-order valence-corrected chi connectivity index (χ4v) is 1.83. The quantitative estimate of drug-likeness (QED) is 0.925. The Balaban J connectivity index is 2.91. The van der Waals surface area contributed by atoms with Crippen molar-refractivity contribution in [1.82, 2.24) is 9.78 Å². The summed E-state index contributed by atoms with van der Waals surface area (Å²) >= 11 is 3.29. The molecular formula is C11H18BrN3O. The molecule has 0 amide bonds. The first-order valence-corrected chi connectivity index (χ1v) is 6.25. The maximum Gasteiger partial charge on any atom is 0.282 e. The van der Waals surface area contributed by atoms with Gasteiger partial charge in [-0.2, -0.15) is 5.10 Å². The van der Waals surface area contributed by atoms with E-state index in [0.29, 0.717) is 16.4 Å². The predicted molar refractivity (Wildman–Crippen MR) is 69.7 cm³/mol. The van der Waals surface area contributed by atoms with Crippen LogP contribution in [0.5, 0.6) is 0 Å². The summed E-state index contributed by atoms with van der Waals surface area (Å²) in [6.07, 6.45) is 2.77. The molecule has 2 atom stereocenters. The van der Waals surface area contributed by atoms with Crippen molar-refractivity contribution in [2.45, 2.75) is 33.2 Å². The third kappa shape index (κ3) is 2.84. The van der Waals surface area contributed by atoms with E-state index in [4.69, 9.17) is 0 Å². The molecule has 1 rings (SSSR count). The minimum Gasteiger partial charge on any atom is -0.380 e. The normalized spacial score (nSPS) is 14.6. The van der Waals surface area contributed by atoms with Gasteiger partial charge in [0, 0.05) is 13.1 Å². The molecule has 0 aliphatic heterocycles. The lowest BCUT2D eigenvalue weighted by atomic mass is 10.0. The van der Waals surface area contributed by atoms with E-state index in [9.17, 15) is 4.79 Å². The lowest BCUT2D eigenvalue weighted by Crippen LogP contribution is -2.27. The zero-order chi connectivity index (χ0) is 12.3. The molecule has 0 bridgehead atoms. The molecule has 0 saturated carbocycles. The molecule has 5 heteroatoms. The highest BCUT2D eigenvalue weighted by Gasteiger charge is 2.13. The number of hydrogen-bond acceptors (Lipinski definition) is 3. The SMILES string of the molecule is CCC(C)C(C)Nc1cnn(C)c(=O)c1Br. The molecule has 4 nitrogen and oxygen atoms in total. The second-order valence-electron chi connectivity index (χ2n) is 4.12. The van der Waals surface area contributed by atoms with E-state index in [1.54, 1.807) is 13.2 Å². The molecule has 2 unspecified atom stereocenters. The molecule has 0 radical (unpaired) electrons. The van der Waals surface area contributed by atoms with Crippen molar-refractivity contribution in [3.8, 4) is 0 Å². The van der Waals surface area contributed by atoms with Gasteiger partial charge in [-0.05, 0) is 28.8 Å². The summed E-state index contributed by atoms with van der Waals surface area (Å²) in [5.41, 5.74) is 0.636. The number of nitrogens with one attached hydrogen (secondary N) is 1. The van der Waals surface area contributed by atoms with Crippen LogP contribution in [-0.4, -0.2) is 15.8 Å². The van der Waals surface area contributed by atoms with Gasteiger partial charge in [0.1, 0.15) is 4.47 Å². The smallest absolute Gasteiger partial charge is 0.282 e. The third-order valence-corrected chi connectivity index (χ3v) is 3.73. The summed E-state index contributed by atoms with van der Waals surface area (Å²) in [7, 11) is 1.63. The van der Waals surface area contributed by atoms with Crippen LogP contribution in [0.4, 0.5) is 5.69 Å². The Kier molecular flexibility index (Phi) is 4.53. The van der Waals surface area contributed by atoms with Gasteiger partial charge in [-0.3, -0.25) is 4.79 Å². The Morgan fingerprint density at radius 3 is 2.75 bits per heavy atom. The number of anilines is 1. The van der Waals surface area contributed by atoms with E-state index >= 15 is 0 Å². The van der Waals surface area contributed by atoms with Crippen LogP contribution in [0.1, 0.15) is 27.2 Å². The highest BCUT2D eigenvalue weighted by Crippen LogP contribution is 2.19. The third-order valence-electron chi connectivity index (χ3n) is 2.96. The van der Waals surface area contributed by atoms with Crippen LogP contribution >= 0.6 is 15.9 Å². The molecule has 0 aliphatic rings. The van der Waals surface area contributed by atoms with Crippen LogP contribution in [0, 0.1) is 5.92 Å². The van der Waals surface area contributed by atoms with Crippen molar-refractivity contribution in [2.75, 3.05) is 5.32 Å². The van der Waals surface area contributed by atoms with E-state index in [1.807, 2.05) is 0 Å². The highest BCUT2D eigenvalue weighted by molar-refractivity contribution is 9.10. The average molecular weight is 288 g/mol. The van der Waals surface area contributed by atoms with Crippen molar-refractivity contribution in [3.63, 3.8) is 0 Å². The van der Waals surface area contributed by atoms with Crippen LogP contribution < -0.4 is 10.9 Å². The number of halogens is 1. The first-order chi connectivity index (χ1) is 7.47.